The van der Waals surface area contributed by atoms with Crippen molar-refractivity contribution < 1.29 is 0 Å². The molecule has 0 aliphatic rings. The van der Waals surface area contributed by atoms with Crippen molar-refractivity contribution in [3.63, 3.8) is 0 Å². The number of nitrogens with zero attached hydrogens (tertiary/aromatic N) is 3. The maximum absolute atomic E-state index is 8.84. The van der Waals surface area contributed by atoms with Gasteiger partial charge in [-0.15, -0.1) is 0 Å². The lowest BCUT2D eigenvalue weighted by Gasteiger charge is -1.94. The third kappa shape index (κ3) is 1.07. The van der Waals surface area contributed by atoms with Gasteiger partial charge in [-0.25, -0.2) is 0 Å². The van der Waals surface area contributed by atoms with E-state index >= 15 is 0 Å². The van der Waals surface area contributed by atoms with Crippen LogP contribution >= 0.6 is 0 Å². The minimum absolute atomic E-state index is 0.640. The van der Waals surface area contributed by atoms with Crippen LogP contribution in [0.3, 0.4) is 0 Å². The van der Waals surface area contributed by atoms with Crippen molar-refractivity contribution in [2.24, 2.45) is 7.05 Å². The predicted molar refractivity (Wildman–Crippen MR) is 50.2 cm³/mol. The normalized spacial score (nSPS) is 10.2. The average molecular weight is 171 g/mol. The van der Waals surface area contributed by atoms with Crippen LogP contribution in [0.2, 0.25) is 0 Å². The van der Waals surface area contributed by atoms with Gasteiger partial charge in [-0.1, -0.05) is 6.07 Å². The number of hydrogen-bond donors (Lipinski definition) is 0. The Morgan fingerprint density at radius 3 is 2.92 bits per heavy atom. The summed E-state index contributed by atoms with van der Waals surface area (Å²) in [5, 5.41) is 14.1. The van der Waals surface area contributed by atoms with Gasteiger partial charge >= 0.3 is 0 Å². The molecule has 1 heterocycles. The van der Waals surface area contributed by atoms with Crippen LogP contribution in [-0.2, 0) is 7.05 Å². The van der Waals surface area contributed by atoms with Crippen molar-refractivity contribution in [2.75, 3.05) is 0 Å². The molecule has 2 rings (SSSR count). The molecule has 0 aliphatic carbocycles. The first-order chi connectivity index (χ1) is 6.22. The van der Waals surface area contributed by atoms with Crippen molar-refractivity contribution in [1.29, 1.82) is 5.26 Å². The molecular formula is C10H9N3. The summed E-state index contributed by atoms with van der Waals surface area (Å²) < 4.78 is 1.73. The molecular weight excluding hydrogens is 162 g/mol. The Balaban J connectivity index is 2.94. The highest BCUT2D eigenvalue weighted by Gasteiger charge is 2.06. The monoisotopic (exact) mass is 171 g/mol. The summed E-state index contributed by atoms with van der Waals surface area (Å²) in [7, 11) is 1.86. The minimum atomic E-state index is 0.640. The van der Waals surface area contributed by atoms with Crippen LogP contribution < -0.4 is 0 Å². The summed E-state index contributed by atoms with van der Waals surface area (Å²) in [6.07, 6.45) is 1.94. The van der Waals surface area contributed by atoms with Gasteiger partial charge in [-0.3, -0.25) is 4.68 Å². The van der Waals surface area contributed by atoms with Crippen LogP contribution in [0.5, 0.6) is 0 Å². The largest absolute Gasteiger partial charge is 0.275 e. The van der Waals surface area contributed by atoms with Crippen LogP contribution in [-0.4, -0.2) is 9.78 Å². The molecule has 0 fully saturated rings. The van der Waals surface area contributed by atoms with Crippen molar-refractivity contribution in [3.05, 3.63) is 29.5 Å². The molecule has 0 aliphatic heterocycles. The van der Waals surface area contributed by atoms with E-state index in [1.54, 1.807) is 4.68 Å². The fourth-order valence-electron chi connectivity index (χ4n) is 1.44. The van der Waals surface area contributed by atoms with E-state index in [1.165, 1.54) is 0 Å². The molecule has 0 bridgehead atoms. The predicted octanol–water partition coefficient (Wildman–Crippen LogP) is 1.75. The van der Waals surface area contributed by atoms with E-state index in [2.05, 4.69) is 11.2 Å². The van der Waals surface area contributed by atoms with Gasteiger partial charge in [0.2, 0.25) is 0 Å². The molecule has 0 amide bonds. The number of aryl methyl sites for hydroxylation is 2. The summed E-state index contributed by atoms with van der Waals surface area (Å²) in [5.41, 5.74) is 2.59. The first-order valence-corrected chi connectivity index (χ1v) is 4.05. The molecule has 3 nitrogen and oxygen atoms in total. The summed E-state index contributed by atoms with van der Waals surface area (Å²) in [6.45, 7) is 2.02. The molecule has 0 saturated carbocycles. The molecule has 0 N–H and O–H groups in total. The summed E-state index contributed by atoms with van der Waals surface area (Å²) in [5.74, 6) is 0. The number of fused-ring (bicyclic) bond motifs is 1. The molecule has 0 unspecified atom stereocenters. The lowest BCUT2D eigenvalue weighted by Crippen LogP contribution is -1.86. The molecule has 1 aromatic heterocycles. The molecule has 13 heavy (non-hydrogen) atoms. The van der Waals surface area contributed by atoms with Gasteiger partial charge in [0.05, 0.1) is 5.56 Å². The number of aromatic nitrogens is 2. The van der Waals surface area contributed by atoms with Crippen molar-refractivity contribution in [2.45, 2.75) is 6.92 Å². The van der Waals surface area contributed by atoms with Gasteiger partial charge < -0.3 is 0 Å². The minimum Gasteiger partial charge on any atom is -0.275 e. The highest BCUT2D eigenvalue weighted by Crippen LogP contribution is 2.19. The van der Waals surface area contributed by atoms with E-state index in [0.29, 0.717) is 5.56 Å². The van der Waals surface area contributed by atoms with Crippen molar-refractivity contribution >= 4 is 10.9 Å². The van der Waals surface area contributed by atoms with Crippen LogP contribution in [0.4, 0.5) is 0 Å². The topological polar surface area (TPSA) is 41.6 Å². The SMILES string of the molecule is Cc1ccc(C#N)c2nn(C)cc12. The third-order valence-electron chi connectivity index (χ3n) is 2.13. The number of nitriles is 1. The summed E-state index contributed by atoms with van der Waals surface area (Å²) in [4.78, 5) is 0. The summed E-state index contributed by atoms with van der Waals surface area (Å²) >= 11 is 0. The zero-order chi connectivity index (χ0) is 9.42. The summed E-state index contributed by atoms with van der Waals surface area (Å²) in [6, 6.07) is 5.89. The Labute approximate surface area is 76.2 Å². The molecule has 0 saturated heterocycles. The standard InChI is InChI=1S/C10H9N3/c1-7-3-4-8(5-11)10-9(7)6-13(2)12-10/h3-4,6H,1-2H3. The third-order valence-corrected chi connectivity index (χ3v) is 2.13. The highest BCUT2D eigenvalue weighted by atomic mass is 15.2. The lowest BCUT2D eigenvalue weighted by atomic mass is 10.1. The molecule has 0 radical (unpaired) electrons. The second-order valence-corrected chi connectivity index (χ2v) is 3.11. The molecule has 2 aromatic rings. The Kier molecular flexibility index (Phi) is 1.56. The maximum Gasteiger partial charge on any atom is 0.110 e. The van der Waals surface area contributed by atoms with Gasteiger partial charge in [0, 0.05) is 18.6 Å². The first-order valence-electron chi connectivity index (χ1n) is 4.05. The number of benzene rings is 1. The van der Waals surface area contributed by atoms with Crippen LogP contribution in [0.15, 0.2) is 18.3 Å². The van der Waals surface area contributed by atoms with Crippen LogP contribution in [0.25, 0.3) is 10.9 Å². The fraction of sp³-hybridized carbons (Fsp3) is 0.200. The smallest absolute Gasteiger partial charge is 0.110 e. The van der Waals surface area contributed by atoms with Gasteiger partial charge in [0.25, 0.3) is 0 Å². The molecule has 0 spiro atoms. The zero-order valence-electron chi connectivity index (χ0n) is 7.57. The quantitative estimate of drug-likeness (QED) is 0.606. The Morgan fingerprint density at radius 2 is 2.23 bits per heavy atom. The zero-order valence-corrected chi connectivity index (χ0v) is 7.57. The van der Waals surface area contributed by atoms with E-state index in [1.807, 2.05) is 32.3 Å². The van der Waals surface area contributed by atoms with E-state index < -0.39 is 0 Å². The number of hydrogen-bond acceptors (Lipinski definition) is 2. The Hall–Kier alpha value is -1.82. The Morgan fingerprint density at radius 1 is 1.46 bits per heavy atom. The molecule has 64 valence electrons. The first kappa shape index (κ1) is 7.81. The Bertz CT molecular complexity index is 503. The fourth-order valence-corrected chi connectivity index (χ4v) is 1.44. The van der Waals surface area contributed by atoms with Gasteiger partial charge in [-0.05, 0) is 18.6 Å². The van der Waals surface area contributed by atoms with E-state index in [4.69, 9.17) is 5.26 Å². The van der Waals surface area contributed by atoms with Crippen LogP contribution in [0.1, 0.15) is 11.1 Å². The average Bonchev–Trinajstić information content (AvgIpc) is 2.48. The van der Waals surface area contributed by atoms with Crippen LogP contribution in [0, 0.1) is 18.3 Å². The second-order valence-electron chi connectivity index (χ2n) is 3.11. The maximum atomic E-state index is 8.84. The molecule has 1 aromatic carbocycles. The molecule has 3 heteroatoms. The van der Waals surface area contributed by atoms with E-state index in [0.717, 1.165) is 16.5 Å². The second kappa shape index (κ2) is 2.60. The van der Waals surface area contributed by atoms with E-state index in [9.17, 15) is 0 Å². The van der Waals surface area contributed by atoms with E-state index in [-0.39, 0.29) is 0 Å². The van der Waals surface area contributed by atoms with Crippen molar-refractivity contribution in [3.8, 4) is 6.07 Å². The lowest BCUT2D eigenvalue weighted by molar-refractivity contribution is 0.779. The molecule has 0 atom stereocenters. The number of rotatable bonds is 0. The highest BCUT2D eigenvalue weighted by molar-refractivity contribution is 5.86. The van der Waals surface area contributed by atoms with Gasteiger partial charge in [-0.2, -0.15) is 10.4 Å². The van der Waals surface area contributed by atoms with Gasteiger partial charge in [0.15, 0.2) is 0 Å². The van der Waals surface area contributed by atoms with Crippen molar-refractivity contribution in [1.82, 2.24) is 9.78 Å². The van der Waals surface area contributed by atoms with Gasteiger partial charge in [0.1, 0.15) is 11.6 Å².